The van der Waals surface area contributed by atoms with E-state index in [0.29, 0.717) is 5.92 Å². The van der Waals surface area contributed by atoms with Gasteiger partial charge in [0.1, 0.15) is 0 Å². The zero-order valence-corrected chi connectivity index (χ0v) is 6.87. The molecule has 64 valence electrons. The second-order valence-electron chi connectivity index (χ2n) is 4.22. The molecule has 0 aromatic heterocycles. The quantitative estimate of drug-likeness (QED) is 0.581. The summed E-state index contributed by atoms with van der Waals surface area (Å²) in [4.78, 5) is 0. The summed E-state index contributed by atoms with van der Waals surface area (Å²) in [7, 11) is 0. The van der Waals surface area contributed by atoms with Gasteiger partial charge in [-0.05, 0) is 18.8 Å². The fourth-order valence-corrected chi connectivity index (χ4v) is 2.48. The first-order valence-corrected chi connectivity index (χ1v) is 4.47. The average Bonchev–Trinajstić information content (AvgIpc) is 2.34. The molecule has 0 amide bonds. The summed E-state index contributed by atoms with van der Waals surface area (Å²) in [6, 6.07) is 0. The molecule has 2 fully saturated rings. The van der Waals surface area contributed by atoms with Gasteiger partial charge < -0.3 is 0 Å². The highest BCUT2D eigenvalue weighted by Crippen LogP contribution is 2.73. The molecule has 0 aromatic rings. The van der Waals surface area contributed by atoms with Gasteiger partial charge in [0.2, 0.25) is 0 Å². The molecule has 0 bridgehead atoms. The summed E-state index contributed by atoms with van der Waals surface area (Å²) >= 11 is 0. The Morgan fingerprint density at radius 3 is 2.27 bits per heavy atom. The van der Waals surface area contributed by atoms with Crippen LogP contribution in [0.2, 0.25) is 0 Å². The van der Waals surface area contributed by atoms with Crippen molar-refractivity contribution in [2.24, 2.45) is 11.3 Å². The fourth-order valence-electron chi connectivity index (χ4n) is 2.48. The van der Waals surface area contributed by atoms with E-state index in [1.807, 2.05) is 0 Å². The van der Waals surface area contributed by atoms with E-state index >= 15 is 0 Å². The van der Waals surface area contributed by atoms with Gasteiger partial charge in [0.05, 0.1) is 0 Å². The van der Waals surface area contributed by atoms with Crippen LogP contribution in [0.4, 0.5) is 8.78 Å². The largest absolute Gasteiger partial charge is 0.254 e. The lowest BCUT2D eigenvalue weighted by Gasteiger charge is -2.35. The van der Waals surface area contributed by atoms with Crippen molar-refractivity contribution in [3.63, 3.8) is 0 Å². The van der Waals surface area contributed by atoms with Crippen LogP contribution in [-0.4, -0.2) is 5.92 Å². The van der Waals surface area contributed by atoms with E-state index < -0.39 is 11.3 Å². The van der Waals surface area contributed by atoms with Crippen molar-refractivity contribution in [1.82, 2.24) is 0 Å². The predicted octanol–water partition coefficient (Wildman–Crippen LogP) is 3.22. The van der Waals surface area contributed by atoms with Gasteiger partial charge in [-0.1, -0.05) is 19.8 Å². The highest BCUT2D eigenvalue weighted by atomic mass is 19.3. The first-order valence-electron chi connectivity index (χ1n) is 4.47. The molecule has 2 saturated carbocycles. The van der Waals surface area contributed by atoms with Crippen LogP contribution in [0.15, 0.2) is 0 Å². The van der Waals surface area contributed by atoms with Crippen LogP contribution in [0.3, 0.4) is 0 Å². The van der Waals surface area contributed by atoms with Crippen LogP contribution in [-0.2, 0) is 0 Å². The van der Waals surface area contributed by atoms with E-state index in [9.17, 15) is 8.78 Å². The van der Waals surface area contributed by atoms with E-state index in [1.54, 1.807) is 0 Å². The zero-order chi connectivity index (χ0) is 8.11. The molecule has 2 aliphatic rings. The topological polar surface area (TPSA) is 0 Å². The number of halogens is 2. The molecule has 0 unspecified atom stereocenters. The molecule has 2 rings (SSSR count). The van der Waals surface area contributed by atoms with Crippen molar-refractivity contribution in [1.29, 1.82) is 0 Å². The molecule has 2 heteroatoms. The van der Waals surface area contributed by atoms with Crippen LogP contribution in [0, 0.1) is 11.3 Å². The highest BCUT2D eigenvalue weighted by Gasteiger charge is 2.75. The lowest BCUT2D eigenvalue weighted by atomic mass is 9.69. The summed E-state index contributed by atoms with van der Waals surface area (Å²) in [5.41, 5.74) is -0.493. The van der Waals surface area contributed by atoms with Crippen molar-refractivity contribution < 1.29 is 8.78 Å². The van der Waals surface area contributed by atoms with Gasteiger partial charge in [0.15, 0.2) is 0 Å². The monoisotopic (exact) mass is 160 g/mol. The number of rotatable bonds is 2. The van der Waals surface area contributed by atoms with Crippen LogP contribution in [0.25, 0.3) is 0 Å². The zero-order valence-electron chi connectivity index (χ0n) is 6.87. The second kappa shape index (κ2) is 1.96. The molecular formula is C9H14F2. The third-order valence-electron chi connectivity index (χ3n) is 3.27. The van der Waals surface area contributed by atoms with Crippen molar-refractivity contribution in [2.75, 3.05) is 0 Å². The first kappa shape index (κ1) is 7.51. The van der Waals surface area contributed by atoms with Gasteiger partial charge >= 0.3 is 0 Å². The van der Waals surface area contributed by atoms with E-state index in [4.69, 9.17) is 0 Å². The smallest absolute Gasteiger partial charge is 0.206 e. The van der Waals surface area contributed by atoms with E-state index in [1.165, 1.54) is 0 Å². The molecule has 11 heavy (non-hydrogen) atoms. The van der Waals surface area contributed by atoms with E-state index in [2.05, 4.69) is 6.92 Å². The van der Waals surface area contributed by atoms with Gasteiger partial charge in [-0.15, -0.1) is 0 Å². The Morgan fingerprint density at radius 2 is 1.91 bits per heavy atom. The maximum atomic E-state index is 12.6. The predicted molar refractivity (Wildman–Crippen MR) is 39.6 cm³/mol. The molecule has 0 heterocycles. The van der Waals surface area contributed by atoms with Gasteiger partial charge in [-0.25, -0.2) is 8.78 Å². The standard InChI is InChI=1S/C9H14F2/c1-2-3-7-4-8(5-7)6-9(8,10)11/h7H,2-6H2,1H3. The number of alkyl halides is 2. The number of hydrogen-bond donors (Lipinski definition) is 0. The van der Waals surface area contributed by atoms with E-state index in [-0.39, 0.29) is 6.42 Å². The van der Waals surface area contributed by atoms with E-state index in [0.717, 1.165) is 25.7 Å². The van der Waals surface area contributed by atoms with Crippen molar-refractivity contribution in [2.45, 2.75) is 45.0 Å². The summed E-state index contributed by atoms with van der Waals surface area (Å²) in [5.74, 6) is -1.66. The summed E-state index contributed by atoms with van der Waals surface area (Å²) in [6.07, 6.45) is 4.08. The molecule has 2 aliphatic carbocycles. The second-order valence-corrected chi connectivity index (χ2v) is 4.22. The van der Waals surface area contributed by atoms with Crippen LogP contribution in [0.5, 0.6) is 0 Å². The molecular weight excluding hydrogens is 146 g/mol. The summed E-state index contributed by atoms with van der Waals surface area (Å²) in [6.45, 7) is 2.12. The highest BCUT2D eigenvalue weighted by molar-refractivity contribution is 5.16. The van der Waals surface area contributed by atoms with Crippen LogP contribution in [0.1, 0.15) is 39.0 Å². The minimum absolute atomic E-state index is 0.181. The Kier molecular flexibility index (Phi) is 1.34. The van der Waals surface area contributed by atoms with Crippen molar-refractivity contribution in [3.05, 3.63) is 0 Å². The Balaban J connectivity index is 1.81. The van der Waals surface area contributed by atoms with Gasteiger partial charge in [-0.3, -0.25) is 0 Å². The third kappa shape index (κ3) is 0.911. The Hall–Kier alpha value is -0.140. The molecule has 0 nitrogen and oxygen atoms in total. The maximum absolute atomic E-state index is 12.6. The third-order valence-corrected chi connectivity index (χ3v) is 3.27. The summed E-state index contributed by atoms with van der Waals surface area (Å²) < 4.78 is 25.3. The molecule has 0 aliphatic heterocycles. The Bertz CT molecular complexity index is 168. The normalized spacial score (nSPS) is 45.5. The molecule has 0 atom stereocenters. The lowest BCUT2D eigenvalue weighted by molar-refractivity contribution is -0.000478. The molecule has 1 spiro atoms. The van der Waals surface area contributed by atoms with Gasteiger partial charge in [-0.2, -0.15) is 0 Å². The van der Waals surface area contributed by atoms with Gasteiger partial charge in [0, 0.05) is 11.8 Å². The SMILES string of the molecule is CCCC1CC2(C1)CC2(F)F. The van der Waals surface area contributed by atoms with Crippen LogP contribution >= 0.6 is 0 Å². The summed E-state index contributed by atoms with van der Waals surface area (Å²) in [5, 5.41) is 0. The maximum Gasteiger partial charge on any atom is 0.254 e. The van der Waals surface area contributed by atoms with Crippen molar-refractivity contribution >= 4 is 0 Å². The molecule has 0 radical (unpaired) electrons. The van der Waals surface area contributed by atoms with Crippen LogP contribution < -0.4 is 0 Å². The Morgan fingerprint density at radius 1 is 1.36 bits per heavy atom. The Labute approximate surface area is 66.0 Å². The number of hydrogen-bond acceptors (Lipinski definition) is 0. The molecule has 0 aromatic carbocycles. The minimum Gasteiger partial charge on any atom is -0.206 e. The van der Waals surface area contributed by atoms with Crippen molar-refractivity contribution in [3.8, 4) is 0 Å². The minimum atomic E-state index is -2.28. The average molecular weight is 160 g/mol. The molecule has 0 saturated heterocycles. The fraction of sp³-hybridized carbons (Fsp3) is 1.00. The lowest BCUT2D eigenvalue weighted by Crippen LogP contribution is -2.29. The molecule has 0 N–H and O–H groups in total. The first-order chi connectivity index (χ1) is 5.10. The van der Waals surface area contributed by atoms with Gasteiger partial charge in [0.25, 0.3) is 5.92 Å².